The van der Waals surface area contributed by atoms with Crippen LogP contribution in [0.1, 0.15) is 5.56 Å². The minimum atomic E-state index is -0.194. The van der Waals surface area contributed by atoms with Gasteiger partial charge in [-0.15, -0.1) is 5.10 Å². The number of hydrogen-bond donors (Lipinski definition) is 3. The minimum Gasteiger partial charge on any atom is -0.497 e. The molecule has 0 unspecified atom stereocenters. The van der Waals surface area contributed by atoms with Gasteiger partial charge < -0.3 is 24.3 Å². The first-order valence-corrected chi connectivity index (χ1v) is 10.9. The van der Waals surface area contributed by atoms with Crippen molar-refractivity contribution in [3.63, 3.8) is 0 Å². The lowest BCUT2D eigenvalue weighted by atomic mass is 10.2. The zero-order valence-corrected chi connectivity index (χ0v) is 18.8. The fourth-order valence-corrected chi connectivity index (χ4v) is 3.50. The predicted molar refractivity (Wildman–Crippen MR) is 124 cm³/mol. The third-order valence-corrected chi connectivity index (χ3v) is 5.29. The number of amides is 1. The van der Waals surface area contributed by atoms with Gasteiger partial charge in [0, 0.05) is 23.4 Å². The number of hydrogen-bond acceptors (Lipinski definition) is 10. The number of fused-ring (bicyclic) bond motifs is 1. The molecule has 11 nitrogen and oxygen atoms in total. The molecule has 2 heterocycles. The molecule has 4 rings (SSSR count). The lowest BCUT2D eigenvalue weighted by Crippen LogP contribution is -2.17. The molecular formula is C21H22N6O5S. The molecule has 1 amide bonds. The number of rotatable bonds is 9. The van der Waals surface area contributed by atoms with Crippen LogP contribution in [-0.2, 0) is 4.79 Å². The minimum absolute atomic E-state index is 0.137. The number of aromatic amines is 1. The topological polar surface area (TPSA) is 132 Å². The Balaban J connectivity index is 1.27. The average Bonchev–Trinajstić information content (AvgIpc) is 3.30. The first-order chi connectivity index (χ1) is 16.1. The van der Waals surface area contributed by atoms with Crippen LogP contribution in [0.3, 0.4) is 0 Å². The SMILES string of the molecule is COc1ccc(/C=N\Nc2nc(SCC(=O)Nc3ccc4c(c3)OCCO4)n[nH]2)c(OC)c1. The molecule has 0 saturated carbocycles. The molecule has 0 fully saturated rings. The van der Waals surface area contributed by atoms with E-state index in [0.29, 0.717) is 53.0 Å². The highest BCUT2D eigenvalue weighted by Gasteiger charge is 2.13. The van der Waals surface area contributed by atoms with Crippen LogP contribution >= 0.6 is 11.8 Å². The van der Waals surface area contributed by atoms with Gasteiger partial charge in [0.05, 0.1) is 26.2 Å². The summed E-state index contributed by atoms with van der Waals surface area (Å²) in [6.07, 6.45) is 1.59. The average molecular weight is 471 g/mol. The maximum atomic E-state index is 12.3. The van der Waals surface area contributed by atoms with Gasteiger partial charge in [0.1, 0.15) is 24.7 Å². The zero-order valence-electron chi connectivity index (χ0n) is 18.0. The standard InChI is InChI=1S/C21H22N6O5S/c1-29-15-5-3-13(17(10-15)30-2)11-22-25-20-24-21(27-26-20)33-12-19(28)23-14-4-6-16-18(9-14)32-8-7-31-16/h3-6,9-11H,7-8,12H2,1-2H3,(H,23,28)(H2,24,25,26,27)/b22-11-. The van der Waals surface area contributed by atoms with E-state index in [-0.39, 0.29) is 11.7 Å². The molecule has 2 aromatic carbocycles. The van der Waals surface area contributed by atoms with E-state index in [2.05, 4.69) is 31.0 Å². The number of carbonyl (C=O) groups is 1. The van der Waals surface area contributed by atoms with Crippen molar-refractivity contribution in [2.45, 2.75) is 5.16 Å². The van der Waals surface area contributed by atoms with E-state index in [1.807, 2.05) is 12.1 Å². The van der Waals surface area contributed by atoms with E-state index in [4.69, 9.17) is 18.9 Å². The molecule has 1 aromatic heterocycles. The van der Waals surface area contributed by atoms with Crippen LogP contribution in [0.15, 0.2) is 46.7 Å². The smallest absolute Gasteiger partial charge is 0.240 e. The number of nitrogens with zero attached hydrogens (tertiary/aromatic N) is 3. The fraction of sp³-hybridized carbons (Fsp3) is 0.238. The molecule has 0 radical (unpaired) electrons. The van der Waals surface area contributed by atoms with Crippen molar-refractivity contribution < 1.29 is 23.7 Å². The fourth-order valence-electron chi connectivity index (χ4n) is 2.90. The van der Waals surface area contributed by atoms with Crippen molar-refractivity contribution in [2.24, 2.45) is 5.10 Å². The van der Waals surface area contributed by atoms with Crippen LogP contribution < -0.4 is 29.7 Å². The molecule has 0 aliphatic carbocycles. The summed E-state index contributed by atoms with van der Waals surface area (Å²) in [6.45, 7) is 1.00. The second kappa shape index (κ2) is 10.6. The lowest BCUT2D eigenvalue weighted by Gasteiger charge is -2.18. The number of thioether (sulfide) groups is 1. The van der Waals surface area contributed by atoms with Crippen molar-refractivity contribution in [3.05, 3.63) is 42.0 Å². The van der Waals surface area contributed by atoms with Gasteiger partial charge in [0.15, 0.2) is 11.5 Å². The number of methoxy groups -OCH3 is 2. The van der Waals surface area contributed by atoms with Gasteiger partial charge in [-0.2, -0.15) is 10.1 Å². The van der Waals surface area contributed by atoms with Crippen molar-refractivity contribution in [2.75, 3.05) is 43.9 Å². The number of aromatic nitrogens is 3. The highest BCUT2D eigenvalue weighted by molar-refractivity contribution is 7.99. The van der Waals surface area contributed by atoms with E-state index in [9.17, 15) is 4.79 Å². The number of H-pyrrole nitrogens is 1. The van der Waals surface area contributed by atoms with Crippen LogP contribution in [0.25, 0.3) is 0 Å². The summed E-state index contributed by atoms with van der Waals surface area (Å²) < 4.78 is 21.5. The van der Waals surface area contributed by atoms with Crippen LogP contribution in [0.5, 0.6) is 23.0 Å². The number of hydrazone groups is 1. The Labute approximate surface area is 193 Å². The Bertz CT molecular complexity index is 1150. The van der Waals surface area contributed by atoms with Crippen LogP contribution in [-0.4, -0.2) is 60.5 Å². The van der Waals surface area contributed by atoms with E-state index in [0.717, 1.165) is 5.56 Å². The molecule has 172 valence electrons. The summed E-state index contributed by atoms with van der Waals surface area (Å²) in [5.41, 5.74) is 4.15. The molecular weight excluding hydrogens is 448 g/mol. The first-order valence-electron chi connectivity index (χ1n) is 9.90. The molecule has 33 heavy (non-hydrogen) atoms. The van der Waals surface area contributed by atoms with Crippen LogP contribution in [0.2, 0.25) is 0 Å². The summed E-state index contributed by atoms with van der Waals surface area (Å²) in [5, 5.41) is 14.2. The Morgan fingerprint density at radius 3 is 2.85 bits per heavy atom. The normalized spacial score (nSPS) is 12.4. The second-order valence-corrected chi connectivity index (χ2v) is 7.58. The van der Waals surface area contributed by atoms with Crippen molar-refractivity contribution in [3.8, 4) is 23.0 Å². The van der Waals surface area contributed by atoms with Crippen molar-refractivity contribution in [1.82, 2.24) is 15.2 Å². The van der Waals surface area contributed by atoms with Gasteiger partial charge in [-0.3, -0.25) is 4.79 Å². The molecule has 1 aliphatic rings. The number of benzene rings is 2. The summed E-state index contributed by atoms with van der Waals surface area (Å²) in [7, 11) is 3.16. The molecule has 0 spiro atoms. The van der Waals surface area contributed by atoms with E-state index >= 15 is 0 Å². The maximum Gasteiger partial charge on any atom is 0.240 e. The van der Waals surface area contributed by atoms with Crippen LogP contribution in [0.4, 0.5) is 11.6 Å². The number of ether oxygens (including phenoxy) is 4. The van der Waals surface area contributed by atoms with E-state index < -0.39 is 0 Å². The van der Waals surface area contributed by atoms with Gasteiger partial charge in [0.2, 0.25) is 17.0 Å². The number of nitrogens with one attached hydrogen (secondary N) is 3. The summed E-state index contributed by atoms with van der Waals surface area (Å²) >= 11 is 1.19. The summed E-state index contributed by atoms with van der Waals surface area (Å²) in [6, 6.07) is 10.7. The maximum absolute atomic E-state index is 12.3. The van der Waals surface area contributed by atoms with Crippen molar-refractivity contribution >= 4 is 35.5 Å². The zero-order chi connectivity index (χ0) is 23.0. The van der Waals surface area contributed by atoms with Crippen molar-refractivity contribution in [1.29, 1.82) is 0 Å². The van der Waals surface area contributed by atoms with Gasteiger partial charge in [-0.05, 0) is 24.3 Å². The van der Waals surface area contributed by atoms with E-state index in [1.165, 1.54) is 11.8 Å². The van der Waals surface area contributed by atoms with Gasteiger partial charge in [-0.1, -0.05) is 11.8 Å². The third-order valence-electron chi connectivity index (χ3n) is 4.44. The largest absolute Gasteiger partial charge is 0.497 e. The third kappa shape index (κ3) is 5.86. The second-order valence-electron chi connectivity index (χ2n) is 6.64. The Morgan fingerprint density at radius 2 is 2.03 bits per heavy atom. The van der Waals surface area contributed by atoms with Gasteiger partial charge in [-0.25, -0.2) is 10.5 Å². The van der Waals surface area contributed by atoms with Crippen LogP contribution in [0, 0.1) is 0 Å². The van der Waals surface area contributed by atoms with Gasteiger partial charge in [0.25, 0.3) is 0 Å². The Kier molecular flexibility index (Phi) is 7.15. The first kappa shape index (κ1) is 22.3. The Hall–Kier alpha value is -3.93. The lowest BCUT2D eigenvalue weighted by molar-refractivity contribution is -0.113. The summed E-state index contributed by atoms with van der Waals surface area (Å²) in [5.74, 6) is 2.88. The number of carbonyl (C=O) groups excluding carboxylic acids is 1. The quantitative estimate of drug-likeness (QED) is 0.245. The molecule has 0 atom stereocenters. The molecule has 12 heteroatoms. The predicted octanol–water partition coefficient (Wildman–Crippen LogP) is 2.77. The molecule has 0 saturated heterocycles. The Morgan fingerprint density at radius 1 is 1.18 bits per heavy atom. The van der Waals surface area contributed by atoms with Gasteiger partial charge >= 0.3 is 0 Å². The monoisotopic (exact) mass is 470 g/mol. The number of anilines is 2. The highest BCUT2D eigenvalue weighted by atomic mass is 32.2. The molecule has 3 N–H and O–H groups in total. The van der Waals surface area contributed by atoms with E-state index in [1.54, 1.807) is 44.7 Å². The summed E-state index contributed by atoms with van der Waals surface area (Å²) in [4.78, 5) is 16.5. The molecule has 0 bridgehead atoms. The highest BCUT2D eigenvalue weighted by Crippen LogP contribution is 2.32. The molecule has 1 aliphatic heterocycles. The molecule has 3 aromatic rings.